The van der Waals surface area contributed by atoms with Gasteiger partial charge in [0.25, 0.3) is 0 Å². The van der Waals surface area contributed by atoms with Crippen molar-refractivity contribution in [3.05, 3.63) is 34.9 Å². The first-order valence-corrected chi connectivity index (χ1v) is 5.67. The summed E-state index contributed by atoms with van der Waals surface area (Å²) < 4.78 is 5.27. The van der Waals surface area contributed by atoms with E-state index in [1.807, 2.05) is 25.1 Å². The lowest BCUT2D eigenvalue weighted by Gasteiger charge is -2.09. The molecule has 0 unspecified atom stereocenters. The number of allylic oxidation sites excluding steroid dienone is 2. The largest absolute Gasteiger partial charge is 0.496 e. The number of alkyl halides is 1. The third kappa shape index (κ3) is 3.44. The smallest absolute Gasteiger partial charge is 0.126 e. The van der Waals surface area contributed by atoms with Crippen molar-refractivity contribution in [3.8, 4) is 5.75 Å². The highest BCUT2D eigenvalue weighted by atomic mass is 35.5. The molecule has 15 heavy (non-hydrogen) atoms. The van der Waals surface area contributed by atoms with Gasteiger partial charge in [0, 0.05) is 16.5 Å². The topological polar surface area (TPSA) is 9.23 Å². The van der Waals surface area contributed by atoms with Gasteiger partial charge < -0.3 is 4.74 Å². The van der Waals surface area contributed by atoms with Gasteiger partial charge in [0.05, 0.1) is 7.11 Å². The number of ether oxygens (including phenoxy) is 1. The minimum Gasteiger partial charge on any atom is -0.496 e. The van der Waals surface area contributed by atoms with Crippen LogP contribution in [0.15, 0.2) is 24.3 Å². The van der Waals surface area contributed by atoms with Gasteiger partial charge in [-0.1, -0.05) is 17.7 Å². The van der Waals surface area contributed by atoms with E-state index in [1.165, 1.54) is 0 Å². The molecule has 0 amide bonds. The van der Waals surface area contributed by atoms with E-state index in [0.29, 0.717) is 10.9 Å². The number of benzene rings is 1. The van der Waals surface area contributed by atoms with Crippen LogP contribution in [0.25, 0.3) is 5.57 Å². The van der Waals surface area contributed by atoms with E-state index in [0.717, 1.165) is 23.3 Å². The molecule has 0 aliphatic heterocycles. The molecule has 82 valence electrons. The number of halogens is 2. The van der Waals surface area contributed by atoms with Crippen LogP contribution < -0.4 is 4.74 Å². The third-order valence-electron chi connectivity index (χ3n) is 2.15. The van der Waals surface area contributed by atoms with Gasteiger partial charge >= 0.3 is 0 Å². The van der Waals surface area contributed by atoms with Crippen LogP contribution in [-0.4, -0.2) is 13.0 Å². The van der Waals surface area contributed by atoms with Gasteiger partial charge in [-0.3, -0.25) is 0 Å². The van der Waals surface area contributed by atoms with Crippen molar-refractivity contribution < 1.29 is 4.74 Å². The van der Waals surface area contributed by atoms with E-state index in [-0.39, 0.29) is 0 Å². The van der Waals surface area contributed by atoms with Gasteiger partial charge in [0.15, 0.2) is 0 Å². The summed E-state index contributed by atoms with van der Waals surface area (Å²) in [5, 5.41) is 0.712. The normalized spacial score (nSPS) is 11.6. The number of hydrogen-bond acceptors (Lipinski definition) is 1. The van der Waals surface area contributed by atoms with Gasteiger partial charge in [-0.15, -0.1) is 11.6 Å². The van der Waals surface area contributed by atoms with Crippen molar-refractivity contribution >= 4 is 28.8 Å². The zero-order valence-corrected chi connectivity index (χ0v) is 10.4. The lowest BCUT2D eigenvalue weighted by molar-refractivity contribution is 0.413. The molecule has 0 aliphatic rings. The summed E-state index contributed by atoms with van der Waals surface area (Å²) in [5.74, 6) is 1.46. The summed E-state index contributed by atoms with van der Waals surface area (Å²) in [4.78, 5) is 0. The molecule has 0 atom stereocenters. The second-order valence-electron chi connectivity index (χ2n) is 3.21. The summed E-state index contributed by atoms with van der Waals surface area (Å²) in [6.45, 7) is 2.03. The fourth-order valence-electron chi connectivity index (χ4n) is 1.37. The molecule has 0 aromatic heterocycles. The van der Waals surface area contributed by atoms with Crippen LogP contribution in [0.4, 0.5) is 0 Å². The van der Waals surface area contributed by atoms with Crippen molar-refractivity contribution in [2.24, 2.45) is 0 Å². The van der Waals surface area contributed by atoms with Crippen molar-refractivity contribution in [2.75, 3.05) is 13.0 Å². The Balaban J connectivity index is 3.05. The second-order valence-corrected chi connectivity index (χ2v) is 4.02. The Kier molecular flexibility index (Phi) is 5.00. The van der Waals surface area contributed by atoms with Gasteiger partial charge in [-0.05, 0) is 37.1 Å². The molecular weight excluding hydrogens is 231 g/mol. The standard InChI is InChI=1S/C12H14Cl2O/c1-9(4-3-7-13)11-8-10(14)5-6-12(11)15-2/h4-6,8H,3,7H2,1-2H3/b9-4+. The Morgan fingerprint density at radius 3 is 2.80 bits per heavy atom. The summed E-state index contributed by atoms with van der Waals surface area (Å²) in [7, 11) is 1.65. The average Bonchev–Trinajstić information content (AvgIpc) is 2.25. The maximum absolute atomic E-state index is 5.94. The fraction of sp³-hybridized carbons (Fsp3) is 0.333. The number of methoxy groups -OCH3 is 1. The molecule has 0 saturated heterocycles. The van der Waals surface area contributed by atoms with E-state index in [2.05, 4.69) is 6.08 Å². The molecule has 1 aromatic carbocycles. The summed E-state index contributed by atoms with van der Waals surface area (Å²) >= 11 is 11.6. The lowest BCUT2D eigenvalue weighted by Crippen LogP contribution is -1.90. The van der Waals surface area contributed by atoms with Crippen LogP contribution in [-0.2, 0) is 0 Å². The molecule has 0 radical (unpaired) electrons. The SMILES string of the molecule is COc1ccc(Cl)cc1/C(C)=C/CCCl. The quantitative estimate of drug-likeness (QED) is 0.715. The second kappa shape index (κ2) is 6.04. The number of rotatable bonds is 4. The Morgan fingerprint density at radius 1 is 1.47 bits per heavy atom. The summed E-state index contributed by atoms with van der Waals surface area (Å²) in [6, 6.07) is 5.59. The van der Waals surface area contributed by atoms with Crippen molar-refractivity contribution in [1.29, 1.82) is 0 Å². The molecule has 3 heteroatoms. The minimum absolute atomic E-state index is 0.625. The van der Waals surface area contributed by atoms with Crippen LogP contribution in [0.3, 0.4) is 0 Å². The van der Waals surface area contributed by atoms with Crippen molar-refractivity contribution in [1.82, 2.24) is 0 Å². The highest BCUT2D eigenvalue weighted by Crippen LogP contribution is 2.28. The molecule has 0 aliphatic carbocycles. The van der Waals surface area contributed by atoms with Crippen LogP contribution in [0.5, 0.6) is 5.75 Å². The molecule has 1 aromatic rings. The predicted octanol–water partition coefficient (Wildman–Crippen LogP) is 4.38. The van der Waals surface area contributed by atoms with Crippen molar-refractivity contribution in [2.45, 2.75) is 13.3 Å². The highest BCUT2D eigenvalue weighted by Gasteiger charge is 2.05. The molecular formula is C12H14Cl2O. The molecule has 0 spiro atoms. The molecule has 0 heterocycles. The van der Waals surface area contributed by atoms with E-state index < -0.39 is 0 Å². The monoisotopic (exact) mass is 244 g/mol. The maximum Gasteiger partial charge on any atom is 0.126 e. The molecule has 0 bridgehead atoms. The van der Waals surface area contributed by atoms with E-state index in [9.17, 15) is 0 Å². The van der Waals surface area contributed by atoms with Gasteiger partial charge in [-0.25, -0.2) is 0 Å². The average molecular weight is 245 g/mol. The number of hydrogen-bond donors (Lipinski definition) is 0. The summed E-state index contributed by atoms with van der Waals surface area (Å²) in [6.07, 6.45) is 2.93. The van der Waals surface area contributed by atoms with Gasteiger partial charge in [-0.2, -0.15) is 0 Å². The molecule has 0 saturated carbocycles. The minimum atomic E-state index is 0.625. The fourth-order valence-corrected chi connectivity index (χ4v) is 1.65. The van der Waals surface area contributed by atoms with Crippen LogP contribution >= 0.6 is 23.2 Å². The molecule has 1 rings (SSSR count). The van der Waals surface area contributed by atoms with E-state index in [1.54, 1.807) is 7.11 Å². The zero-order valence-electron chi connectivity index (χ0n) is 8.89. The van der Waals surface area contributed by atoms with Crippen LogP contribution in [0.1, 0.15) is 18.9 Å². The lowest BCUT2D eigenvalue weighted by atomic mass is 10.1. The Bertz CT molecular complexity index is 359. The van der Waals surface area contributed by atoms with E-state index in [4.69, 9.17) is 27.9 Å². The molecule has 1 nitrogen and oxygen atoms in total. The Labute approximate surface area is 101 Å². The highest BCUT2D eigenvalue weighted by molar-refractivity contribution is 6.30. The van der Waals surface area contributed by atoms with Crippen LogP contribution in [0, 0.1) is 0 Å². The predicted molar refractivity (Wildman–Crippen MR) is 67.0 cm³/mol. The Morgan fingerprint density at radius 2 is 2.20 bits per heavy atom. The maximum atomic E-state index is 5.94. The first kappa shape index (κ1) is 12.4. The van der Waals surface area contributed by atoms with Gasteiger partial charge in [0.1, 0.15) is 5.75 Å². The molecule has 0 fully saturated rings. The first-order chi connectivity index (χ1) is 7.19. The summed E-state index contributed by atoms with van der Waals surface area (Å²) in [5.41, 5.74) is 2.16. The van der Waals surface area contributed by atoms with Crippen molar-refractivity contribution in [3.63, 3.8) is 0 Å². The van der Waals surface area contributed by atoms with Crippen LogP contribution in [0.2, 0.25) is 5.02 Å². The Hall–Kier alpha value is -0.660. The van der Waals surface area contributed by atoms with E-state index >= 15 is 0 Å². The zero-order chi connectivity index (χ0) is 11.3. The molecule has 0 N–H and O–H groups in total. The van der Waals surface area contributed by atoms with Gasteiger partial charge in [0.2, 0.25) is 0 Å². The third-order valence-corrected chi connectivity index (χ3v) is 2.60. The first-order valence-electron chi connectivity index (χ1n) is 4.75.